The molecule has 2 bridgehead atoms. The van der Waals surface area contributed by atoms with Gasteiger partial charge in [-0.1, -0.05) is 60.7 Å². The molecule has 3 aliphatic heterocycles. The van der Waals surface area contributed by atoms with Gasteiger partial charge in [0.2, 0.25) is 0 Å². The van der Waals surface area contributed by atoms with Gasteiger partial charge in [0.15, 0.2) is 0 Å². The molecule has 3 aromatic carbocycles. The van der Waals surface area contributed by atoms with Crippen LogP contribution in [0.3, 0.4) is 0 Å². The second kappa shape index (κ2) is 8.94. The van der Waals surface area contributed by atoms with Crippen LogP contribution in [0.25, 0.3) is 20.9 Å². The highest BCUT2D eigenvalue weighted by atomic mass is 32.1. The van der Waals surface area contributed by atoms with Gasteiger partial charge in [-0.25, -0.2) is 0 Å². The van der Waals surface area contributed by atoms with Crippen molar-refractivity contribution >= 4 is 37.9 Å². The van der Waals surface area contributed by atoms with Crippen LogP contribution in [0.1, 0.15) is 30.9 Å². The largest absolute Gasteiger partial charge is 0.388 e. The Morgan fingerprint density at radius 2 is 1.67 bits per heavy atom. The molecule has 4 heteroatoms. The molecule has 3 unspecified atom stereocenters. The monoisotopic (exact) mass is 454 g/mol. The molecule has 7 rings (SSSR count). The smallest absolute Gasteiger partial charge is 0.0816 e. The summed E-state index contributed by atoms with van der Waals surface area (Å²) in [6.45, 7) is 3.04. The van der Waals surface area contributed by atoms with E-state index in [-0.39, 0.29) is 0 Å². The first-order valence-corrected chi connectivity index (χ1v) is 12.9. The van der Waals surface area contributed by atoms with Crippen LogP contribution in [0, 0.1) is 0 Å². The predicted molar refractivity (Wildman–Crippen MR) is 140 cm³/mol. The van der Waals surface area contributed by atoms with Crippen molar-refractivity contribution in [2.24, 2.45) is 0 Å². The van der Waals surface area contributed by atoms with E-state index in [9.17, 15) is 5.11 Å². The van der Waals surface area contributed by atoms with Crippen LogP contribution < -0.4 is 4.90 Å². The van der Waals surface area contributed by atoms with Gasteiger partial charge >= 0.3 is 0 Å². The van der Waals surface area contributed by atoms with E-state index in [0.717, 1.165) is 44.5 Å². The molecular weight excluding hydrogens is 424 g/mol. The quantitative estimate of drug-likeness (QED) is 0.354. The van der Waals surface area contributed by atoms with Crippen molar-refractivity contribution in [1.82, 2.24) is 4.90 Å². The SMILES string of the molecule is OC(CCN1CC2C/C=C\CC1CN2c1ccc2ccccc2c1)c1csc2ccccc12. The van der Waals surface area contributed by atoms with Crippen LogP contribution >= 0.6 is 11.3 Å². The Balaban J connectivity index is 1.19. The van der Waals surface area contributed by atoms with Crippen molar-refractivity contribution in [3.63, 3.8) is 0 Å². The van der Waals surface area contributed by atoms with Crippen LogP contribution in [0.5, 0.6) is 0 Å². The lowest BCUT2D eigenvalue weighted by Crippen LogP contribution is -2.59. The van der Waals surface area contributed by atoms with E-state index in [0.29, 0.717) is 12.1 Å². The van der Waals surface area contributed by atoms with E-state index in [4.69, 9.17) is 0 Å². The average molecular weight is 455 g/mol. The van der Waals surface area contributed by atoms with Crippen molar-refractivity contribution in [1.29, 1.82) is 0 Å². The number of piperazine rings is 1. The van der Waals surface area contributed by atoms with E-state index >= 15 is 0 Å². The van der Waals surface area contributed by atoms with E-state index in [1.165, 1.54) is 26.5 Å². The Morgan fingerprint density at radius 1 is 0.879 bits per heavy atom. The Bertz CT molecular complexity index is 1300. The number of benzene rings is 3. The summed E-state index contributed by atoms with van der Waals surface area (Å²) >= 11 is 1.73. The van der Waals surface area contributed by atoms with Crippen molar-refractivity contribution in [2.45, 2.75) is 37.5 Å². The number of anilines is 1. The van der Waals surface area contributed by atoms with Gasteiger partial charge in [0.1, 0.15) is 0 Å². The number of aliphatic hydroxyl groups is 1. The zero-order valence-corrected chi connectivity index (χ0v) is 19.6. The fourth-order valence-electron chi connectivity index (χ4n) is 5.59. The number of hydrogen-bond acceptors (Lipinski definition) is 4. The third-order valence-electron chi connectivity index (χ3n) is 7.42. The van der Waals surface area contributed by atoms with Gasteiger partial charge in [0, 0.05) is 42.1 Å². The maximum Gasteiger partial charge on any atom is 0.0816 e. The molecule has 1 aromatic heterocycles. The summed E-state index contributed by atoms with van der Waals surface area (Å²) in [5, 5.41) is 17.0. The summed E-state index contributed by atoms with van der Waals surface area (Å²) in [4.78, 5) is 5.25. The number of rotatable bonds is 5. The Morgan fingerprint density at radius 3 is 2.58 bits per heavy atom. The highest BCUT2D eigenvalue weighted by Gasteiger charge is 2.34. The zero-order chi connectivity index (χ0) is 22.2. The van der Waals surface area contributed by atoms with E-state index in [1.54, 1.807) is 11.3 Å². The van der Waals surface area contributed by atoms with Crippen molar-refractivity contribution in [2.75, 3.05) is 24.5 Å². The molecule has 0 amide bonds. The second-order valence-corrected chi connectivity index (χ2v) is 10.3. The average Bonchev–Trinajstić information content (AvgIpc) is 3.27. The molecule has 168 valence electrons. The van der Waals surface area contributed by atoms with Crippen LogP contribution in [-0.2, 0) is 0 Å². The standard InChI is InChI=1S/C29H30N2OS/c32-28(27-20-33-29-12-6-5-11-26(27)29)15-16-30-18-25-10-4-3-9-24(30)19-31(25)23-14-13-21-7-1-2-8-22(21)17-23/h1-8,11-14,17,20,24-25,28,32H,9-10,15-16,18-19H2/b4-3-. The van der Waals surface area contributed by atoms with Crippen molar-refractivity contribution in [3.05, 3.63) is 89.8 Å². The molecule has 1 fully saturated rings. The Hall–Kier alpha value is -2.66. The Labute approximate surface area is 199 Å². The van der Waals surface area contributed by atoms with Crippen molar-refractivity contribution < 1.29 is 5.11 Å². The number of nitrogens with zero attached hydrogens (tertiary/aromatic N) is 2. The second-order valence-electron chi connectivity index (χ2n) is 9.42. The molecule has 3 aliphatic rings. The van der Waals surface area contributed by atoms with Gasteiger partial charge in [0.05, 0.1) is 6.10 Å². The normalized spacial score (nSPS) is 23.0. The number of aliphatic hydroxyl groups excluding tert-OH is 1. The highest BCUT2D eigenvalue weighted by Crippen LogP contribution is 2.34. The molecular formula is C29H30N2OS. The van der Waals surface area contributed by atoms with Gasteiger partial charge in [-0.15, -0.1) is 11.3 Å². The third kappa shape index (κ3) is 4.08. The minimum absolute atomic E-state index is 0.405. The summed E-state index contributed by atoms with van der Waals surface area (Å²) in [6, 6.07) is 24.9. The lowest BCUT2D eigenvalue weighted by molar-refractivity contribution is 0.104. The van der Waals surface area contributed by atoms with Crippen LogP contribution in [0.2, 0.25) is 0 Å². The first-order valence-electron chi connectivity index (χ1n) is 12.0. The summed E-state index contributed by atoms with van der Waals surface area (Å²) in [5.74, 6) is 0. The lowest BCUT2D eigenvalue weighted by Gasteiger charge is -2.48. The number of hydrogen-bond donors (Lipinski definition) is 1. The molecule has 3 atom stereocenters. The highest BCUT2D eigenvalue weighted by molar-refractivity contribution is 7.17. The van der Waals surface area contributed by atoms with Gasteiger partial charge in [-0.3, -0.25) is 4.90 Å². The van der Waals surface area contributed by atoms with Crippen LogP contribution in [-0.4, -0.2) is 41.7 Å². The lowest BCUT2D eigenvalue weighted by atomic mass is 9.95. The number of fused-ring (bicyclic) bond motifs is 6. The molecule has 4 aromatic rings. The summed E-state index contributed by atoms with van der Waals surface area (Å²) in [6.07, 6.45) is 7.27. The van der Waals surface area contributed by atoms with E-state index in [2.05, 4.69) is 94.1 Å². The van der Waals surface area contributed by atoms with Gasteiger partial charge < -0.3 is 10.0 Å². The predicted octanol–water partition coefficient (Wildman–Crippen LogP) is 6.39. The van der Waals surface area contributed by atoms with Crippen molar-refractivity contribution in [3.8, 4) is 0 Å². The van der Waals surface area contributed by atoms with Gasteiger partial charge in [-0.2, -0.15) is 0 Å². The zero-order valence-electron chi connectivity index (χ0n) is 18.8. The maximum absolute atomic E-state index is 11.0. The van der Waals surface area contributed by atoms with Crippen LogP contribution in [0.15, 0.2) is 84.3 Å². The molecule has 0 radical (unpaired) electrons. The molecule has 0 saturated carbocycles. The summed E-state index contributed by atoms with van der Waals surface area (Å²) < 4.78 is 1.26. The first-order chi connectivity index (χ1) is 16.3. The molecule has 1 saturated heterocycles. The first kappa shape index (κ1) is 20.9. The molecule has 0 aliphatic carbocycles. The van der Waals surface area contributed by atoms with Crippen LogP contribution in [0.4, 0.5) is 5.69 Å². The van der Waals surface area contributed by atoms with E-state index in [1.807, 2.05) is 0 Å². The minimum atomic E-state index is -0.405. The number of thiophene rings is 1. The topological polar surface area (TPSA) is 26.7 Å². The fourth-order valence-corrected chi connectivity index (χ4v) is 6.60. The molecule has 33 heavy (non-hydrogen) atoms. The summed E-state index contributed by atoms with van der Waals surface area (Å²) in [5.41, 5.74) is 2.42. The molecule has 4 heterocycles. The fraction of sp³-hybridized carbons (Fsp3) is 0.310. The third-order valence-corrected chi connectivity index (χ3v) is 8.40. The molecule has 0 spiro atoms. The maximum atomic E-state index is 11.0. The Kier molecular flexibility index (Phi) is 5.67. The summed E-state index contributed by atoms with van der Waals surface area (Å²) in [7, 11) is 0. The molecule has 3 nitrogen and oxygen atoms in total. The molecule has 1 N–H and O–H groups in total. The van der Waals surface area contributed by atoms with Gasteiger partial charge in [0.25, 0.3) is 0 Å². The van der Waals surface area contributed by atoms with E-state index < -0.39 is 6.10 Å². The minimum Gasteiger partial charge on any atom is -0.388 e. The van der Waals surface area contributed by atoms with Gasteiger partial charge in [-0.05, 0) is 64.6 Å².